The molecule has 3 N–H and O–H groups in total. The van der Waals surface area contributed by atoms with Crippen LogP contribution in [0.3, 0.4) is 0 Å². The third-order valence-corrected chi connectivity index (χ3v) is 6.94. The van der Waals surface area contributed by atoms with Crippen molar-refractivity contribution in [1.29, 1.82) is 0 Å². The van der Waals surface area contributed by atoms with Crippen molar-refractivity contribution < 1.29 is 22.8 Å². The molecule has 2 aromatic carbocycles. The average Bonchev–Trinajstić information content (AvgIpc) is 3.38. The van der Waals surface area contributed by atoms with Crippen LogP contribution in [0.2, 0.25) is 0 Å². The number of rotatable bonds is 9. The van der Waals surface area contributed by atoms with Crippen molar-refractivity contribution in [3.63, 3.8) is 0 Å². The van der Waals surface area contributed by atoms with Crippen molar-refractivity contribution in [1.82, 2.24) is 15.2 Å². The Morgan fingerprint density at radius 3 is 2.45 bits per heavy atom. The van der Waals surface area contributed by atoms with Gasteiger partial charge in [-0.25, -0.2) is 4.39 Å². The summed E-state index contributed by atoms with van der Waals surface area (Å²) in [6.07, 6.45) is 1.35. The van der Waals surface area contributed by atoms with E-state index in [1.165, 1.54) is 27.4 Å². The van der Waals surface area contributed by atoms with Gasteiger partial charge in [-0.1, -0.05) is 47.4 Å². The first-order valence-corrected chi connectivity index (χ1v) is 13.0. The zero-order valence-corrected chi connectivity index (χ0v) is 22.6. The molecule has 1 aliphatic heterocycles. The Morgan fingerprint density at radius 1 is 1.13 bits per heavy atom. The quantitative estimate of drug-likeness (QED) is 0.243. The van der Waals surface area contributed by atoms with Gasteiger partial charge in [-0.3, -0.25) is 9.59 Å². The monoisotopic (exact) mass is 542 g/mol. The minimum atomic E-state index is -3.45. The van der Waals surface area contributed by atoms with Gasteiger partial charge in [0.1, 0.15) is 5.82 Å². The molecule has 0 saturated carbocycles. The number of aromatic nitrogens is 1. The van der Waals surface area contributed by atoms with Gasteiger partial charge in [-0.15, -0.1) is 0 Å². The lowest BCUT2D eigenvalue weighted by atomic mass is 9.94. The van der Waals surface area contributed by atoms with Gasteiger partial charge in [0.25, 0.3) is 17.5 Å². The number of fused-ring (bicyclic) bond motifs is 1. The largest absolute Gasteiger partial charge is 0.358 e. The molecule has 1 aliphatic rings. The van der Waals surface area contributed by atoms with Crippen LogP contribution in [0.5, 0.6) is 0 Å². The highest BCUT2D eigenvalue weighted by atomic mass is 31.0. The fourth-order valence-corrected chi connectivity index (χ4v) is 5.04. The van der Waals surface area contributed by atoms with Crippen molar-refractivity contribution in [3.8, 4) is 11.1 Å². The van der Waals surface area contributed by atoms with Crippen LogP contribution in [0.1, 0.15) is 46.7 Å². The number of hydrogen-bond donors (Lipinski definition) is 3. The summed E-state index contributed by atoms with van der Waals surface area (Å²) in [4.78, 5) is 31.0. The van der Waals surface area contributed by atoms with E-state index in [2.05, 4.69) is 20.5 Å². The second kappa shape index (κ2) is 11.1. The van der Waals surface area contributed by atoms with E-state index in [0.29, 0.717) is 35.5 Å². The molecule has 38 heavy (non-hydrogen) atoms. The van der Waals surface area contributed by atoms with Crippen LogP contribution in [0.4, 0.5) is 18.9 Å². The standard InChI is InChI=1S/C28H30F3N4O2P/c1-4-35(5-2)14-13-32-27(37)23-16(3)33-22(25(23)28(30,31)38)15-20-24-19(17-9-11-18(29)12-10-17)7-6-8-21(24)34-26(20)36/h6-12,15,33H,4-5,13-14,38H2,1-3H3,(H,32,37)(H,34,36)/b20-15-. The second-order valence-electron chi connectivity index (χ2n) is 9.07. The molecular weight excluding hydrogens is 512 g/mol. The van der Waals surface area contributed by atoms with E-state index in [1.54, 1.807) is 37.3 Å². The van der Waals surface area contributed by atoms with Crippen molar-refractivity contribution in [2.75, 3.05) is 31.5 Å². The van der Waals surface area contributed by atoms with Crippen LogP contribution in [-0.4, -0.2) is 47.9 Å². The molecule has 0 spiro atoms. The smallest absolute Gasteiger partial charge is 0.286 e. The SMILES string of the molecule is CCN(CC)CCNC(=O)c1c(C)[nH]c(/C=C2\C(=O)Nc3cccc(-c4ccc(F)cc4)c32)c1C(F)(F)P. The maximum absolute atomic E-state index is 14.9. The van der Waals surface area contributed by atoms with Gasteiger partial charge < -0.3 is 20.5 Å². The van der Waals surface area contributed by atoms with E-state index < -0.39 is 28.9 Å². The van der Waals surface area contributed by atoms with E-state index in [4.69, 9.17) is 0 Å². The molecule has 0 fully saturated rings. The number of likely N-dealkylation sites (N-methyl/N-ethyl adjacent to an activating group) is 1. The summed E-state index contributed by atoms with van der Waals surface area (Å²) >= 11 is 0. The fourth-order valence-electron chi connectivity index (χ4n) is 4.75. The van der Waals surface area contributed by atoms with Gasteiger partial charge in [0, 0.05) is 35.7 Å². The van der Waals surface area contributed by atoms with Crippen LogP contribution >= 0.6 is 9.24 Å². The molecule has 1 atom stereocenters. The zero-order valence-electron chi connectivity index (χ0n) is 21.4. The number of H-pyrrole nitrogens is 1. The number of aromatic amines is 1. The molecule has 6 nitrogen and oxygen atoms in total. The molecule has 2 heterocycles. The van der Waals surface area contributed by atoms with Crippen molar-refractivity contribution in [2.24, 2.45) is 0 Å². The number of alkyl halides is 2. The summed E-state index contributed by atoms with van der Waals surface area (Å²) in [6, 6.07) is 11.0. The summed E-state index contributed by atoms with van der Waals surface area (Å²) in [5.74, 6) is -1.48. The topological polar surface area (TPSA) is 77.2 Å². The number of amides is 2. The summed E-state index contributed by atoms with van der Waals surface area (Å²) in [7, 11) is 1.49. The summed E-state index contributed by atoms with van der Waals surface area (Å²) in [5.41, 5.74) is -1.39. The lowest BCUT2D eigenvalue weighted by Crippen LogP contribution is -2.35. The molecule has 1 unspecified atom stereocenters. The molecule has 3 aromatic rings. The van der Waals surface area contributed by atoms with Gasteiger partial charge in [-0.2, -0.15) is 8.78 Å². The van der Waals surface area contributed by atoms with Crippen LogP contribution < -0.4 is 10.6 Å². The maximum atomic E-state index is 14.9. The van der Waals surface area contributed by atoms with Crippen LogP contribution in [0.15, 0.2) is 42.5 Å². The Kier molecular flexibility index (Phi) is 8.09. The minimum absolute atomic E-state index is 0.0386. The lowest BCUT2D eigenvalue weighted by molar-refractivity contribution is -0.110. The molecule has 200 valence electrons. The van der Waals surface area contributed by atoms with Gasteiger partial charge in [-0.05, 0) is 55.4 Å². The number of carbonyl (C=O) groups is 2. The molecular formula is C28H30F3N4O2P. The Morgan fingerprint density at radius 2 is 1.82 bits per heavy atom. The Balaban J connectivity index is 1.77. The molecule has 2 amide bonds. The number of hydrogen-bond acceptors (Lipinski definition) is 3. The number of nitrogens with one attached hydrogen (secondary N) is 3. The highest BCUT2D eigenvalue weighted by Gasteiger charge is 2.37. The number of anilines is 1. The molecule has 1 aromatic heterocycles. The normalized spacial score (nSPS) is 14.2. The minimum Gasteiger partial charge on any atom is -0.358 e. The molecule has 10 heteroatoms. The Hall–Kier alpha value is -3.42. The Labute approximate surface area is 221 Å². The highest BCUT2D eigenvalue weighted by Crippen LogP contribution is 2.44. The summed E-state index contributed by atoms with van der Waals surface area (Å²) < 4.78 is 43.4. The molecule has 0 radical (unpaired) electrons. The lowest BCUT2D eigenvalue weighted by Gasteiger charge is -2.18. The molecule has 0 bridgehead atoms. The first-order chi connectivity index (χ1) is 18.0. The molecule has 0 aliphatic carbocycles. The zero-order chi connectivity index (χ0) is 27.6. The van der Waals surface area contributed by atoms with Crippen molar-refractivity contribution in [3.05, 3.63) is 76.4 Å². The van der Waals surface area contributed by atoms with E-state index in [0.717, 1.165) is 13.1 Å². The third-order valence-electron chi connectivity index (χ3n) is 6.66. The number of halogens is 3. The van der Waals surface area contributed by atoms with Crippen LogP contribution in [0, 0.1) is 12.7 Å². The first-order valence-electron chi connectivity index (χ1n) is 12.4. The van der Waals surface area contributed by atoms with Gasteiger partial charge in [0.15, 0.2) is 0 Å². The van der Waals surface area contributed by atoms with E-state index in [-0.39, 0.29) is 22.5 Å². The summed E-state index contributed by atoms with van der Waals surface area (Å²) in [5, 5.41) is 5.51. The van der Waals surface area contributed by atoms with E-state index in [9.17, 15) is 22.8 Å². The third kappa shape index (κ3) is 5.54. The predicted octanol–water partition coefficient (Wildman–Crippen LogP) is 5.62. The van der Waals surface area contributed by atoms with Crippen molar-refractivity contribution in [2.45, 2.75) is 26.4 Å². The summed E-state index contributed by atoms with van der Waals surface area (Å²) in [6.45, 7) is 8.08. The van der Waals surface area contributed by atoms with Gasteiger partial charge in [0.2, 0.25) is 0 Å². The van der Waals surface area contributed by atoms with Crippen molar-refractivity contribution >= 4 is 38.4 Å². The molecule has 0 saturated heterocycles. The van der Waals surface area contributed by atoms with E-state index in [1.807, 2.05) is 13.8 Å². The maximum Gasteiger partial charge on any atom is 0.286 e. The van der Waals surface area contributed by atoms with Crippen LogP contribution in [-0.2, 0) is 10.5 Å². The predicted molar refractivity (Wildman–Crippen MR) is 148 cm³/mol. The van der Waals surface area contributed by atoms with Gasteiger partial charge in [0.05, 0.1) is 16.7 Å². The number of carbonyl (C=O) groups excluding carboxylic acids is 2. The second-order valence-corrected chi connectivity index (χ2v) is 9.79. The van der Waals surface area contributed by atoms with Gasteiger partial charge >= 0.3 is 0 Å². The average molecular weight is 543 g/mol. The van der Waals surface area contributed by atoms with E-state index >= 15 is 0 Å². The van der Waals surface area contributed by atoms with Crippen LogP contribution in [0.25, 0.3) is 22.8 Å². The number of benzene rings is 2. The highest BCUT2D eigenvalue weighted by molar-refractivity contribution is 7.17. The fraction of sp³-hybridized carbons (Fsp3) is 0.286. The Bertz CT molecular complexity index is 1390. The number of aryl methyl sites for hydroxylation is 1. The number of nitrogens with zero attached hydrogens (tertiary/aromatic N) is 1. The first kappa shape index (κ1) is 27.6. The molecule has 4 rings (SSSR count).